The zero-order valence-corrected chi connectivity index (χ0v) is 10.7. The van der Waals surface area contributed by atoms with E-state index in [9.17, 15) is 8.42 Å². The van der Waals surface area contributed by atoms with Gasteiger partial charge in [0.2, 0.25) is 0 Å². The highest BCUT2D eigenvalue weighted by Gasteiger charge is 2.08. The number of ether oxygens (including phenoxy) is 1. The van der Waals surface area contributed by atoms with Gasteiger partial charge in [0.1, 0.15) is 5.75 Å². The molecule has 1 aromatic rings. The van der Waals surface area contributed by atoms with Crippen molar-refractivity contribution in [3.05, 3.63) is 28.8 Å². The first-order valence-electron chi connectivity index (χ1n) is 4.82. The summed E-state index contributed by atoms with van der Waals surface area (Å²) >= 11 is 0. The van der Waals surface area contributed by atoms with Crippen molar-refractivity contribution in [1.82, 2.24) is 0 Å². The fraction of sp³-hybridized carbons (Fsp3) is 0.455. The van der Waals surface area contributed by atoms with Crippen molar-refractivity contribution >= 4 is 10.1 Å². The van der Waals surface area contributed by atoms with E-state index in [0.29, 0.717) is 0 Å². The van der Waals surface area contributed by atoms with Crippen LogP contribution in [0.1, 0.15) is 16.7 Å². The Bertz CT molecular complexity index is 477. The fourth-order valence-corrected chi connectivity index (χ4v) is 1.76. The summed E-state index contributed by atoms with van der Waals surface area (Å²) in [5, 5.41) is 0. The van der Waals surface area contributed by atoms with Crippen LogP contribution in [0.2, 0.25) is 0 Å². The van der Waals surface area contributed by atoms with Crippen molar-refractivity contribution in [1.29, 1.82) is 0 Å². The number of hydrogen-bond donors (Lipinski definition) is 0. The smallest absolute Gasteiger partial charge is 0.264 e. The van der Waals surface area contributed by atoms with Gasteiger partial charge in [0.25, 0.3) is 10.1 Å². The molecule has 0 atom stereocenters. The highest BCUT2D eigenvalue weighted by Crippen LogP contribution is 2.23. The second-order valence-electron chi connectivity index (χ2n) is 3.71. The lowest BCUT2D eigenvalue weighted by atomic mass is 10.1. The second-order valence-corrected chi connectivity index (χ2v) is 5.36. The molecular formula is C11H16O4S. The third-order valence-electron chi connectivity index (χ3n) is 2.28. The van der Waals surface area contributed by atoms with E-state index in [4.69, 9.17) is 8.92 Å². The van der Waals surface area contributed by atoms with Crippen molar-refractivity contribution in [3.63, 3.8) is 0 Å². The minimum Gasteiger partial charge on any atom is -0.496 e. The Morgan fingerprint density at radius 3 is 2.31 bits per heavy atom. The van der Waals surface area contributed by atoms with E-state index in [1.807, 2.05) is 19.9 Å². The van der Waals surface area contributed by atoms with Gasteiger partial charge >= 0.3 is 0 Å². The van der Waals surface area contributed by atoms with Crippen LogP contribution in [-0.4, -0.2) is 21.8 Å². The number of benzene rings is 1. The van der Waals surface area contributed by atoms with Crippen LogP contribution in [0.15, 0.2) is 12.1 Å². The van der Waals surface area contributed by atoms with Crippen molar-refractivity contribution in [2.75, 3.05) is 13.4 Å². The number of rotatable bonds is 4. The molecular weight excluding hydrogens is 228 g/mol. The molecule has 0 fully saturated rings. The predicted molar refractivity (Wildman–Crippen MR) is 62.1 cm³/mol. The Balaban J connectivity index is 2.96. The minimum absolute atomic E-state index is 0.0430. The molecule has 90 valence electrons. The van der Waals surface area contributed by atoms with Crippen molar-refractivity contribution in [2.24, 2.45) is 0 Å². The van der Waals surface area contributed by atoms with Gasteiger partial charge in [-0.05, 0) is 36.6 Å². The molecule has 0 aliphatic rings. The summed E-state index contributed by atoms with van der Waals surface area (Å²) in [7, 11) is -1.83. The van der Waals surface area contributed by atoms with Gasteiger partial charge in [0.05, 0.1) is 20.0 Å². The molecule has 0 heterocycles. The van der Waals surface area contributed by atoms with Gasteiger partial charge in [-0.25, -0.2) is 0 Å². The van der Waals surface area contributed by atoms with E-state index in [1.165, 1.54) is 0 Å². The van der Waals surface area contributed by atoms with Gasteiger partial charge in [-0.2, -0.15) is 8.42 Å². The maximum Gasteiger partial charge on any atom is 0.264 e. The molecule has 0 saturated heterocycles. The summed E-state index contributed by atoms with van der Waals surface area (Å²) in [6.07, 6.45) is 1.04. The molecule has 4 nitrogen and oxygen atoms in total. The molecule has 0 amide bonds. The molecule has 5 heteroatoms. The maximum atomic E-state index is 10.9. The third kappa shape index (κ3) is 3.50. The summed E-state index contributed by atoms with van der Waals surface area (Å²) < 4.78 is 31.7. The largest absolute Gasteiger partial charge is 0.496 e. The summed E-state index contributed by atoms with van der Waals surface area (Å²) in [6, 6.07) is 3.75. The Hall–Kier alpha value is -1.07. The summed E-state index contributed by atoms with van der Waals surface area (Å²) in [5.74, 6) is 0.734. The minimum atomic E-state index is -3.41. The Morgan fingerprint density at radius 1 is 1.19 bits per heavy atom. The monoisotopic (exact) mass is 244 g/mol. The lowest BCUT2D eigenvalue weighted by Gasteiger charge is -2.10. The number of aryl methyl sites for hydroxylation is 2. The molecule has 0 saturated carbocycles. The van der Waals surface area contributed by atoms with Crippen LogP contribution in [0, 0.1) is 13.8 Å². The van der Waals surface area contributed by atoms with Crippen LogP contribution < -0.4 is 4.74 Å². The van der Waals surface area contributed by atoms with Gasteiger partial charge in [-0.15, -0.1) is 0 Å². The van der Waals surface area contributed by atoms with Gasteiger partial charge in [-0.1, -0.05) is 6.07 Å². The predicted octanol–water partition coefficient (Wildman–Crippen LogP) is 1.79. The van der Waals surface area contributed by atoms with Crippen LogP contribution in [0.5, 0.6) is 5.75 Å². The molecule has 0 bridgehead atoms. The molecule has 16 heavy (non-hydrogen) atoms. The van der Waals surface area contributed by atoms with Crippen LogP contribution in [0.3, 0.4) is 0 Å². The molecule has 1 aromatic carbocycles. The van der Waals surface area contributed by atoms with Crippen LogP contribution >= 0.6 is 0 Å². The Kier molecular flexibility index (Phi) is 3.93. The van der Waals surface area contributed by atoms with E-state index in [0.717, 1.165) is 28.7 Å². The molecule has 0 radical (unpaired) electrons. The van der Waals surface area contributed by atoms with Crippen molar-refractivity contribution in [3.8, 4) is 5.75 Å². The average Bonchev–Trinajstić information content (AvgIpc) is 2.15. The van der Waals surface area contributed by atoms with Crippen LogP contribution in [0.4, 0.5) is 0 Å². The van der Waals surface area contributed by atoms with Crippen molar-refractivity contribution < 1.29 is 17.3 Å². The van der Waals surface area contributed by atoms with Gasteiger partial charge in [0.15, 0.2) is 0 Å². The Labute approximate surface area is 96.3 Å². The maximum absolute atomic E-state index is 10.9. The van der Waals surface area contributed by atoms with Crippen molar-refractivity contribution in [2.45, 2.75) is 20.5 Å². The SMILES string of the molecule is COc1cc(COS(C)(=O)=O)c(C)cc1C. The van der Waals surface area contributed by atoms with Crippen LogP contribution in [-0.2, 0) is 20.9 Å². The lowest BCUT2D eigenvalue weighted by molar-refractivity contribution is 0.310. The van der Waals surface area contributed by atoms with E-state index in [2.05, 4.69) is 0 Å². The molecule has 0 N–H and O–H groups in total. The third-order valence-corrected chi connectivity index (χ3v) is 2.83. The van der Waals surface area contributed by atoms with E-state index >= 15 is 0 Å². The topological polar surface area (TPSA) is 52.6 Å². The van der Waals surface area contributed by atoms with Gasteiger partial charge in [0, 0.05) is 0 Å². The number of methoxy groups -OCH3 is 1. The van der Waals surface area contributed by atoms with Crippen LogP contribution in [0.25, 0.3) is 0 Å². The molecule has 0 spiro atoms. The summed E-state index contributed by atoms with van der Waals surface area (Å²) in [4.78, 5) is 0. The molecule has 0 aliphatic carbocycles. The average molecular weight is 244 g/mol. The molecule has 1 rings (SSSR count). The fourth-order valence-electron chi connectivity index (χ4n) is 1.42. The van der Waals surface area contributed by atoms with Gasteiger partial charge in [-0.3, -0.25) is 4.18 Å². The highest BCUT2D eigenvalue weighted by atomic mass is 32.2. The molecule has 0 aliphatic heterocycles. The quantitative estimate of drug-likeness (QED) is 0.758. The molecule has 0 aromatic heterocycles. The van der Waals surface area contributed by atoms with Gasteiger partial charge < -0.3 is 4.74 Å². The second kappa shape index (κ2) is 4.84. The number of hydrogen-bond acceptors (Lipinski definition) is 4. The van der Waals surface area contributed by atoms with E-state index in [-0.39, 0.29) is 6.61 Å². The zero-order valence-electron chi connectivity index (χ0n) is 9.90. The first kappa shape index (κ1) is 13.0. The first-order chi connectivity index (χ1) is 7.33. The van der Waals surface area contributed by atoms with E-state index < -0.39 is 10.1 Å². The summed E-state index contributed by atoms with van der Waals surface area (Å²) in [5.41, 5.74) is 2.82. The normalized spacial score (nSPS) is 11.5. The Morgan fingerprint density at radius 2 is 1.81 bits per heavy atom. The molecule has 0 unspecified atom stereocenters. The summed E-state index contributed by atoms with van der Waals surface area (Å²) in [6.45, 7) is 3.89. The standard InChI is InChI=1S/C11H16O4S/c1-8-5-9(2)11(14-3)6-10(8)7-15-16(4,12)13/h5-6H,7H2,1-4H3. The van der Waals surface area contributed by atoms with E-state index in [1.54, 1.807) is 13.2 Å². The highest BCUT2D eigenvalue weighted by molar-refractivity contribution is 7.85. The lowest BCUT2D eigenvalue weighted by Crippen LogP contribution is -2.04. The zero-order chi connectivity index (χ0) is 12.3. The first-order valence-corrected chi connectivity index (χ1v) is 6.63.